The van der Waals surface area contributed by atoms with Crippen LogP contribution in [0.3, 0.4) is 0 Å². The third kappa shape index (κ3) is 17.7. The first-order valence-electron chi connectivity index (χ1n) is 6.58. The first-order chi connectivity index (χ1) is 7.00. The molecule has 0 fully saturated rings. The van der Waals surface area contributed by atoms with Gasteiger partial charge < -0.3 is 11.5 Å². The number of hydrogen-bond acceptors (Lipinski definition) is 2. The van der Waals surface area contributed by atoms with Crippen LogP contribution in [0.25, 0.3) is 0 Å². The van der Waals surface area contributed by atoms with E-state index in [1.165, 1.54) is 0 Å². The highest BCUT2D eigenvalue weighted by Crippen LogP contribution is 1.88. The average Bonchev–Trinajstić information content (AvgIpc) is 1.98. The molecule has 0 aliphatic rings. The summed E-state index contributed by atoms with van der Waals surface area (Å²) in [6, 6.07) is 0. The zero-order valence-electron chi connectivity index (χ0n) is 14.5. The Kier molecular flexibility index (Phi) is 4.43. The summed E-state index contributed by atoms with van der Waals surface area (Å²) >= 11 is 0. The van der Waals surface area contributed by atoms with Crippen LogP contribution in [0.1, 0.15) is 32.8 Å². The van der Waals surface area contributed by atoms with Crippen LogP contribution < -0.4 is 11.5 Å². The second-order valence-electron chi connectivity index (χ2n) is 0.664. The molecule has 0 saturated carbocycles. The number of halogens is 2. The van der Waals surface area contributed by atoms with E-state index < -0.39 is 32.1 Å². The summed E-state index contributed by atoms with van der Waals surface area (Å²) in [6.07, 6.45) is -10.5. The summed E-state index contributed by atoms with van der Waals surface area (Å²) in [6.45, 7) is -6.40. The van der Waals surface area contributed by atoms with Gasteiger partial charge in [-0.25, -0.2) is 0 Å². The van der Waals surface area contributed by atoms with E-state index in [9.17, 15) is 0 Å². The third-order valence-electron chi connectivity index (χ3n) is 0.269. The van der Waals surface area contributed by atoms with Crippen LogP contribution in [-0.2, 0) is 0 Å². The van der Waals surface area contributed by atoms with E-state index >= 15 is 0 Å². The quantitative estimate of drug-likeness (QED) is 0.684. The van der Waals surface area contributed by atoms with Crippen molar-refractivity contribution in [3.8, 4) is 0 Å². The molecular weight excluding hydrogens is 159 g/mol. The van der Waals surface area contributed by atoms with Gasteiger partial charge in [-0.15, -0.1) is 24.8 Å². The lowest BCUT2D eigenvalue weighted by atomic mass is 10.2. The van der Waals surface area contributed by atoms with E-state index in [-0.39, 0.29) is 24.8 Å². The molecule has 0 unspecified atom stereocenters. The Balaban J connectivity index is -0.00000128. The molecule has 0 rings (SSSR count). The van der Waals surface area contributed by atoms with Crippen LogP contribution in [0.2, 0.25) is 0 Å². The van der Waals surface area contributed by atoms with E-state index in [0.717, 1.165) is 0 Å². The minimum atomic E-state index is -3.57. The van der Waals surface area contributed by atoms with Gasteiger partial charge in [0.25, 0.3) is 0 Å². The molecule has 4 heteroatoms. The first kappa shape index (κ1) is 2.52. The highest BCUT2D eigenvalue weighted by atomic mass is 35.5. The van der Waals surface area contributed by atoms with Crippen molar-refractivity contribution in [1.82, 2.24) is 0 Å². The van der Waals surface area contributed by atoms with Crippen LogP contribution in [0, 0.1) is 0 Å². The van der Waals surface area contributed by atoms with Crippen LogP contribution >= 0.6 is 24.8 Å². The summed E-state index contributed by atoms with van der Waals surface area (Å²) in [4.78, 5) is 0. The van der Waals surface area contributed by atoms with Gasteiger partial charge in [-0.1, -0.05) is 6.37 Å². The van der Waals surface area contributed by atoms with Gasteiger partial charge in [-0.3, -0.25) is 0 Å². The minimum absolute atomic E-state index is 0. The van der Waals surface area contributed by atoms with Crippen LogP contribution in [0.5, 0.6) is 0 Å². The number of nitrogens with two attached hydrogens (primary N) is 2. The maximum absolute atomic E-state index is 7.32. The van der Waals surface area contributed by atoms with Gasteiger partial charge >= 0.3 is 0 Å². The monoisotopic (exact) mass is 184 g/mol. The normalized spacial score (nSPS) is 31.8. The molecule has 2 nitrogen and oxygen atoms in total. The van der Waals surface area contributed by atoms with E-state index in [4.69, 9.17) is 25.2 Å². The first-order valence-corrected chi connectivity index (χ1v) is 1.58. The fourth-order valence-corrected chi connectivity index (χ4v) is 0.103. The lowest BCUT2D eigenvalue weighted by Crippen LogP contribution is -2.02. The molecule has 9 heavy (non-hydrogen) atoms. The molecule has 0 aliphatic carbocycles. The van der Waals surface area contributed by atoms with Crippen LogP contribution in [-0.4, -0.2) is 13.0 Å². The van der Waals surface area contributed by atoms with Gasteiger partial charge in [0.2, 0.25) is 0 Å². The van der Waals surface area contributed by atoms with Crippen molar-refractivity contribution in [3.63, 3.8) is 0 Å². The Hall–Kier alpha value is 0.500. The van der Waals surface area contributed by atoms with Crippen molar-refractivity contribution < 1.29 is 13.7 Å². The molecule has 0 aromatic carbocycles. The van der Waals surface area contributed by atoms with Crippen molar-refractivity contribution >= 4 is 24.8 Å². The smallest absolute Gasteiger partial charge is 0.0425 e. The molecule has 0 aromatic rings. The molecule has 0 atom stereocenters. The summed E-state index contributed by atoms with van der Waals surface area (Å²) in [5.41, 5.74) is 9.66. The molecule has 0 aliphatic heterocycles. The lowest BCUT2D eigenvalue weighted by molar-refractivity contribution is 0.695. The second-order valence-corrected chi connectivity index (χ2v) is 0.664. The molecule has 0 bridgehead atoms. The number of rotatable bonds is 4. The average molecular weight is 185 g/mol. The van der Waals surface area contributed by atoms with Crippen molar-refractivity contribution in [1.29, 1.82) is 0 Å². The molecule has 0 heterocycles. The SMILES string of the molecule is Cl.Cl.[2H]C([2H])(N)C([2H])([2H])C([2H])([2H])C([2H])([2H])C([2H])([2H])N. The van der Waals surface area contributed by atoms with E-state index in [1.54, 1.807) is 0 Å². The summed E-state index contributed by atoms with van der Waals surface area (Å²) in [7, 11) is 0. The zero-order chi connectivity index (χ0) is 14.5. The van der Waals surface area contributed by atoms with Gasteiger partial charge in [-0.2, -0.15) is 0 Å². The van der Waals surface area contributed by atoms with Crippen LogP contribution in [0.15, 0.2) is 0 Å². The molecular formula is C5H16Cl2N2. The Bertz CT molecular complexity index is 267. The van der Waals surface area contributed by atoms with Crippen LogP contribution in [0.4, 0.5) is 0 Å². The molecule has 4 N–H and O–H groups in total. The molecule has 60 valence electrons. The van der Waals surface area contributed by atoms with Gasteiger partial charge in [0.15, 0.2) is 0 Å². The van der Waals surface area contributed by atoms with Crippen molar-refractivity contribution in [3.05, 3.63) is 0 Å². The van der Waals surface area contributed by atoms with E-state index in [0.29, 0.717) is 0 Å². The summed E-state index contributed by atoms with van der Waals surface area (Å²) in [5.74, 6) is 0. The Morgan fingerprint density at radius 3 is 1.44 bits per heavy atom. The predicted octanol–water partition coefficient (Wildman–Crippen LogP) is 0.918. The molecule has 0 radical (unpaired) electrons. The Labute approximate surface area is 83.2 Å². The molecule has 0 spiro atoms. The van der Waals surface area contributed by atoms with Gasteiger partial charge in [0.05, 0.1) is 0 Å². The van der Waals surface area contributed by atoms with Crippen molar-refractivity contribution in [2.75, 3.05) is 13.0 Å². The fraction of sp³-hybridized carbons (Fsp3) is 1.00. The molecule has 0 saturated heterocycles. The van der Waals surface area contributed by atoms with Gasteiger partial charge in [0, 0.05) is 13.7 Å². The second kappa shape index (κ2) is 15.8. The lowest BCUT2D eigenvalue weighted by Gasteiger charge is -1.91. The summed E-state index contributed by atoms with van der Waals surface area (Å²) in [5, 5.41) is 0. The van der Waals surface area contributed by atoms with Crippen molar-refractivity contribution in [2.45, 2.75) is 19.1 Å². The Morgan fingerprint density at radius 1 is 0.889 bits per heavy atom. The van der Waals surface area contributed by atoms with E-state index in [1.807, 2.05) is 0 Å². The highest BCUT2D eigenvalue weighted by Gasteiger charge is 1.80. The maximum Gasteiger partial charge on any atom is 0.0425 e. The number of hydrogen-bond donors (Lipinski definition) is 2. The Morgan fingerprint density at radius 2 is 1.22 bits per heavy atom. The van der Waals surface area contributed by atoms with Crippen molar-refractivity contribution in [2.24, 2.45) is 11.5 Å². The standard InChI is InChI=1S/C5H14N2.2ClH/c6-4-2-1-3-5-7;;/h1-7H2;2*1H/i1D2,2D2,3D2,4D2,5D2;;. The third-order valence-corrected chi connectivity index (χ3v) is 0.269. The largest absolute Gasteiger partial charge is 0.330 e. The minimum Gasteiger partial charge on any atom is -0.330 e. The summed E-state index contributed by atoms with van der Waals surface area (Å²) < 4.78 is 71.5. The van der Waals surface area contributed by atoms with Gasteiger partial charge in [-0.05, 0) is 25.7 Å². The van der Waals surface area contributed by atoms with E-state index in [2.05, 4.69) is 0 Å². The fourth-order valence-electron chi connectivity index (χ4n) is 0.103. The zero-order valence-corrected chi connectivity index (χ0v) is 6.10. The topological polar surface area (TPSA) is 52.0 Å². The predicted molar refractivity (Wildman–Crippen MR) is 46.5 cm³/mol. The molecule has 0 amide bonds. The molecule has 0 aromatic heterocycles. The van der Waals surface area contributed by atoms with Gasteiger partial charge in [0.1, 0.15) is 0 Å². The highest BCUT2D eigenvalue weighted by molar-refractivity contribution is 5.85. The maximum atomic E-state index is 7.32.